The Morgan fingerprint density at radius 3 is 2.67 bits per heavy atom. The number of carbonyl (C=O) groups excluding carboxylic acids is 1. The highest BCUT2D eigenvalue weighted by Gasteiger charge is 2.19. The molecule has 0 spiro atoms. The molecule has 0 aliphatic carbocycles. The molecule has 112 valence electrons. The summed E-state index contributed by atoms with van der Waals surface area (Å²) < 4.78 is 0. The fourth-order valence-corrected chi connectivity index (χ4v) is 2.24. The number of carbonyl (C=O) groups is 2. The largest absolute Gasteiger partial charge is 0.478 e. The predicted octanol–water partition coefficient (Wildman–Crippen LogP) is 1.24. The number of carboxylic acids is 1. The van der Waals surface area contributed by atoms with Gasteiger partial charge in [0.1, 0.15) is 5.82 Å². The lowest BCUT2D eigenvalue weighted by atomic mass is 10.2. The second kappa shape index (κ2) is 6.88. The number of pyridine rings is 1. The fraction of sp³-hybridized carbons (Fsp3) is 0.400. The number of aliphatic carboxylic acids is 1. The first-order chi connectivity index (χ1) is 10.1. The maximum absolute atomic E-state index is 12.1. The van der Waals surface area contributed by atoms with E-state index in [4.69, 9.17) is 5.11 Å². The van der Waals surface area contributed by atoms with E-state index in [-0.39, 0.29) is 5.91 Å². The van der Waals surface area contributed by atoms with E-state index in [9.17, 15) is 9.59 Å². The summed E-state index contributed by atoms with van der Waals surface area (Å²) >= 11 is 0. The van der Waals surface area contributed by atoms with Crippen molar-refractivity contribution in [1.82, 2.24) is 9.88 Å². The molecule has 1 saturated heterocycles. The molecular formula is C15H19N3O3. The molecule has 0 unspecified atom stereocenters. The Labute approximate surface area is 123 Å². The van der Waals surface area contributed by atoms with Crippen LogP contribution in [-0.4, -0.2) is 53.5 Å². The van der Waals surface area contributed by atoms with Crippen LogP contribution >= 0.6 is 0 Å². The number of likely N-dealkylation sites (N-methyl/N-ethyl adjacent to an activating group) is 1. The lowest BCUT2D eigenvalue weighted by molar-refractivity contribution is -0.131. The number of aromatic nitrogens is 1. The van der Waals surface area contributed by atoms with Crippen molar-refractivity contribution < 1.29 is 14.7 Å². The van der Waals surface area contributed by atoms with Crippen molar-refractivity contribution in [2.24, 2.45) is 0 Å². The van der Waals surface area contributed by atoms with Crippen molar-refractivity contribution in [1.29, 1.82) is 0 Å². The molecule has 0 aromatic carbocycles. The van der Waals surface area contributed by atoms with Crippen LogP contribution in [-0.2, 0) is 9.59 Å². The van der Waals surface area contributed by atoms with Crippen LogP contribution in [0.2, 0.25) is 0 Å². The number of nitrogens with zero attached hydrogens (tertiary/aromatic N) is 3. The maximum Gasteiger partial charge on any atom is 0.328 e. The molecule has 1 aliphatic rings. The third-order valence-corrected chi connectivity index (χ3v) is 3.41. The van der Waals surface area contributed by atoms with Crippen LogP contribution in [0.25, 0.3) is 6.08 Å². The number of amides is 1. The van der Waals surface area contributed by atoms with Crippen molar-refractivity contribution in [2.45, 2.75) is 12.8 Å². The van der Waals surface area contributed by atoms with E-state index in [0.717, 1.165) is 32.0 Å². The molecule has 0 atom stereocenters. The third kappa shape index (κ3) is 4.30. The Balaban J connectivity index is 1.94. The molecule has 0 saturated carbocycles. The third-order valence-electron chi connectivity index (χ3n) is 3.41. The number of carboxylic acid groups (broad SMARTS) is 1. The molecule has 1 amide bonds. The summed E-state index contributed by atoms with van der Waals surface area (Å²) in [7, 11) is 1.82. The Morgan fingerprint density at radius 1 is 1.38 bits per heavy atom. The van der Waals surface area contributed by atoms with E-state index < -0.39 is 5.97 Å². The van der Waals surface area contributed by atoms with Crippen molar-refractivity contribution in [2.75, 3.05) is 31.6 Å². The number of likely N-dealkylation sites (tertiary alicyclic amines) is 1. The quantitative estimate of drug-likeness (QED) is 0.826. The second-order valence-corrected chi connectivity index (χ2v) is 5.07. The average molecular weight is 289 g/mol. The zero-order valence-electron chi connectivity index (χ0n) is 12.0. The molecule has 6 heteroatoms. The molecule has 0 bridgehead atoms. The van der Waals surface area contributed by atoms with Gasteiger partial charge in [0.15, 0.2) is 0 Å². The first kappa shape index (κ1) is 15.0. The van der Waals surface area contributed by atoms with Gasteiger partial charge in [-0.15, -0.1) is 0 Å². The number of rotatable bonds is 5. The van der Waals surface area contributed by atoms with Gasteiger partial charge in [0.05, 0.1) is 6.54 Å². The summed E-state index contributed by atoms with van der Waals surface area (Å²) in [5.74, 6) is -0.186. The lowest BCUT2D eigenvalue weighted by Gasteiger charge is -2.22. The molecule has 6 nitrogen and oxygen atoms in total. The lowest BCUT2D eigenvalue weighted by Crippen LogP contribution is -2.37. The number of hydrogen-bond acceptors (Lipinski definition) is 4. The molecule has 2 rings (SSSR count). The molecule has 1 N–H and O–H groups in total. The summed E-state index contributed by atoms with van der Waals surface area (Å²) in [4.78, 5) is 30.4. The van der Waals surface area contributed by atoms with Crippen molar-refractivity contribution in [3.8, 4) is 0 Å². The van der Waals surface area contributed by atoms with Gasteiger partial charge >= 0.3 is 5.97 Å². The van der Waals surface area contributed by atoms with Crippen LogP contribution in [0, 0.1) is 0 Å². The highest BCUT2D eigenvalue weighted by molar-refractivity contribution is 5.85. The molecule has 1 aromatic rings. The molecule has 2 heterocycles. The van der Waals surface area contributed by atoms with Crippen molar-refractivity contribution in [3.05, 3.63) is 30.0 Å². The zero-order chi connectivity index (χ0) is 15.2. The van der Waals surface area contributed by atoms with Crippen LogP contribution in [0.5, 0.6) is 0 Å². The minimum atomic E-state index is -0.993. The Kier molecular flexibility index (Phi) is 4.92. The van der Waals surface area contributed by atoms with Gasteiger partial charge in [-0.3, -0.25) is 4.79 Å². The minimum absolute atomic E-state index is 0.117. The SMILES string of the molecule is CN(CC(=O)N1CCCC1)c1ccc(/C=C/C(=O)O)cn1. The van der Waals surface area contributed by atoms with Gasteiger partial charge in [-0.25, -0.2) is 9.78 Å². The van der Waals surface area contributed by atoms with E-state index in [2.05, 4.69) is 4.98 Å². The first-order valence-electron chi connectivity index (χ1n) is 6.92. The maximum atomic E-state index is 12.1. The summed E-state index contributed by atoms with van der Waals surface area (Å²) in [6.45, 7) is 2.00. The van der Waals surface area contributed by atoms with E-state index in [1.165, 1.54) is 6.08 Å². The van der Waals surface area contributed by atoms with Crippen molar-refractivity contribution >= 4 is 23.8 Å². The molecule has 1 aromatic heterocycles. The predicted molar refractivity (Wildman–Crippen MR) is 80.0 cm³/mol. The highest BCUT2D eigenvalue weighted by atomic mass is 16.4. The smallest absolute Gasteiger partial charge is 0.328 e. The van der Waals surface area contributed by atoms with Gasteiger partial charge in [0.2, 0.25) is 5.91 Å². The van der Waals surface area contributed by atoms with E-state index in [1.807, 2.05) is 11.9 Å². The number of anilines is 1. The van der Waals surface area contributed by atoms with Crippen molar-refractivity contribution in [3.63, 3.8) is 0 Å². The summed E-state index contributed by atoms with van der Waals surface area (Å²) in [6, 6.07) is 3.55. The van der Waals surface area contributed by atoms with Crippen LogP contribution < -0.4 is 4.90 Å². The van der Waals surface area contributed by atoms with Crippen LogP contribution in [0.3, 0.4) is 0 Å². The van der Waals surface area contributed by atoms with E-state index in [1.54, 1.807) is 23.2 Å². The van der Waals surface area contributed by atoms with Gasteiger partial charge in [-0.1, -0.05) is 0 Å². The van der Waals surface area contributed by atoms with Gasteiger partial charge in [0, 0.05) is 32.4 Å². The van der Waals surface area contributed by atoms with Gasteiger partial charge in [0.25, 0.3) is 0 Å². The Hall–Kier alpha value is -2.37. The molecule has 1 aliphatic heterocycles. The summed E-state index contributed by atoms with van der Waals surface area (Å²) in [5, 5.41) is 8.56. The fourth-order valence-electron chi connectivity index (χ4n) is 2.24. The summed E-state index contributed by atoms with van der Waals surface area (Å²) in [5.41, 5.74) is 0.709. The van der Waals surface area contributed by atoms with Crippen LogP contribution in [0.4, 0.5) is 5.82 Å². The Bertz CT molecular complexity index is 534. The average Bonchev–Trinajstić information content (AvgIpc) is 3.00. The summed E-state index contributed by atoms with van der Waals surface area (Å²) in [6.07, 6.45) is 6.30. The molecular weight excluding hydrogens is 270 g/mol. The monoisotopic (exact) mass is 289 g/mol. The molecule has 21 heavy (non-hydrogen) atoms. The normalized spacial score (nSPS) is 14.6. The standard InChI is InChI=1S/C15H19N3O3/c1-17(11-14(19)18-8-2-3-9-18)13-6-4-12(10-16-13)5-7-15(20)21/h4-7,10H,2-3,8-9,11H2,1H3,(H,20,21)/b7-5+. The Morgan fingerprint density at radius 2 is 2.10 bits per heavy atom. The van der Waals surface area contributed by atoms with Gasteiger partial charge < -0.3 is 14.9 Å². The topological polar surface area (TPSA) is 73.7 Å². The molecule has 1 fully saturated rings. The highest BCUT2D eigenvalue weighted by Crippen LogP contribution is 2.12. The second-order valence-electron chi connectivity index (χ2n) is 5.07. The first-order valence-corrected chi connectivity index (χ1v) is 6.92. The van der Waals surface area contributed by atoms with Gasteiger partial charge in [-0.2, -0.15) is 0 Å². The number of hydrogen-bond donors (Lipinski definition) is 1. The minimum Gasteiger partial charge on any atom is -0.478 e. The van der Waals surface area contributed by atoms with Crippen LogP contribution in [0.15, 0.2) is 24.4 Å². The zero-order valence-corrected chi connectivity index (χ0v) is 12.0. The van der Waals surface area contributed by atoms with E-state index >= 15 is 0 Å². The van der Waals surface area contributed by atoms with E-state index in [0.29, 0.717) is 17.9 Å². The molecule has 0 radical (unpaired) electrons. The van der Waals surface area contributed by atoms with Gasteiger partial charge in [-0.05, 0) is 36.6 Å². The van der Waals surface area contributed by atoms with Crippen LogP contribution in [0.1, 0.15) is 18.4 Å².